The van der Waals surface area contributed by atoms with E-state index >= 15 is 0 Å². The van der Waals surface area contributed by atoms with E-state index in [1.807, 2.05) is 20.8 Å². The Labute approximate surface area is 88.4 Å². The predicted octanol–water partition coefficient (Wildman–Crippen LogP) is 2.06. The molecule has 0 unspecified atom stereocenters. The van der Waals surface area contributed by atoms with E-state index in [1.165, 1.54) is 12.8 Å². The van der Waals surface area contributed by atoms with E-state index in [0.717, 1.165) is 25.9 Å². The average Bonchev–Trinajstić information content (AvgIpc) is 2.25. The monoisotopic (exact) mass is 202 g/mol. The summed E-state index contributed by atoms with van der Waals surface area (Å²) in [5.74, 6) is 0.147. The van der Waals surface area contributed by atoms with Crippen LogP contribution in [-0.2, 0) is 4.79 Å². The van der Waals surface area contributed by atoms with Crippen LogP contribution in [0.2, 0.25) is 0 Å². The molecule has 0 heterocycles. The summed E-state index contributed by atoms with van der Waals surface area (Å²) in [5, 5.41) is 2.84. The lowest BCUT2D eigenvalue weighted by molar-refractivity contribution is -0.120. The summed E-state index contributed by atoms with van der Waals surface area (Å²) in [7, 11) is 0. The van der Waals surface area contributed by atoms with Crippen LogP contribution in [0.3, 0.4) is 0 Å². The highest BCUT2D eigenvalue weighted by Gasteiger charge is 1.94. The van der Waals surface area contributed by atoms with Gasteiger partial charge in [-0.25, -0.2) is 0 Å². The smallest absolute Gasteiger partial charge is 0.219 e. The Morgan fingerprint density at radius 1 is 1.14 bits per heavy atom. The molecular formula is C11H26N2O. The van der Waals surface area contributed by atoms with Crippen molar-refractivity contribution in [1.29, 1.82) is 0 Å². The molecule has 0 atom stereocenters. The minimum atomic E-state index is 0.147. The molecule has 0 aliphatic heterocycles. The third kappa shape index (κ3) is 14.0. The normalized spacial score (nSPS) is 8.86. The fourth-order valence-corrected chi connectivity index (χ4v) is 0.976. The van der Waals surface area contributed by atoms with E-state index in [2.05, 4.69) is 5.32 Å². The lowest BCUT2D eigenvalue weighted by atomic mass is 10.2. The van der Waals surface area contributed by atoms with Gasteiger partial charge >= 0.3 is 0 Å². The highest BCUT2D eigenvalue weighted by Crippen LogP contribution is 1.96. The first-order valence-electron chi connectivity index (χ1n) is 5.78. The van der Waals surface area contributed by atoms with Crippen molar-refractivity contribution in [2.75, 3.05) is 13.1 Å². The summed E-state index contributed by atoms with van der Waals surface area (Å²) in [4.78, 5) is 10.8. The molecule has 0 fully saturated rings. The Bertz CT molecular complexity index is 116. The molecule has 14 heavy (non-hydrogen) atoms. The number of nitrogens with one attached hydrogen (secondary N) is 1. The fourth-order valence-electron chi connectivity index (χ4n) is 0.976. The van der Waals surface area contributed by atoms with Gasteiger partial charge in [-0.1, -0.05) is 33.6 Å². The number of hydrogen-bond acceptors (Lipinski definition) is 2. The first-order chi connectivity index (χ1) is 6.81. The summed E-state index contributed by atoms with van der Waals surface area (Å²) in [6, 6.07) is 0. The Morgan fingerprint density at radius 3 is 2.21 bits per heavy atom. The molecule has 86 valence electrons. The maximum atomic E-state index is 10.8. The zero-order valence-electron chi connectivity index (χ0n) is 9.94. The van der Waals surface area contributed by atoms with Crippen LogP contribution in [-0.4, -0.2) is 19.0 Å². The van der Waals surface area contributed by atoms with Gasteiger partial charge in [0.25, 0.3) is 0 Å². The van der Waals surface area contributed by atoms with Gasteiger partial charge in [0.1, 0.15) is 0 Å². The predicted molar refractivity (Wildman–Crippen MR) is 62.2 cm³/mol. The minimum Gasteiger partial charge on any atom is -0.356 e. The van der Waals surface area contributed by atoms with Crippen LogP contribution in [0.25, 0.3) is 0 Å². The van der Waals surface area contributed by atoms with Crippen molar-refractivity contribution in [3.8, 4) is 0 Å². The number of rotatable bonds is 7. The molecule has 0 aromatic rings. The Hall–Kier alpha value is -0.570. The molecule has 0 bridgehead atoms. The third-order valence-corrected chi connectivity index (χ3v) is 1.77. The summed E-state index contributed by atoms with van der Waals surface area (Å²) >= 11 is 0. The second kappa shape index (κ2) is 14.9. The maximum Gasteiger partial charge on any atom is 0.219 e. The van der Waals surface area contributed by atoms with Crippen LogP contribution in [0.15, 0.2) is 0 Å². The highest BCUT2D eigenvalue weighted by atomic mass is 16.1. The molecule has 0 saturated carbocycles. The molecule has 3 N–H and O–H groups in total. The second-order valence-electron chi connectivity index (χ2n) is 2.91. The summed E-state index contributed by atoms with van der Waals surface area (Å²) in [6.07, 6.45) is 5.11. The zero-order chi connectivity index (χ0) is 11.2. The summed E-state index contributed by atoms with van der Waals surface area (Å²) < 4.78 is 0. The number of amides is 1. The van der Waals surface area contributed by atoms with Crippen LogP contribution in [0, 0.1) is 0 Å². The van der Waals surface area contributed by atoms with Gasteiger partial charge in [-0.3, -0.25) is 4.79 Å². The molecule has 0 rings (SSSR count). The minimum absolute atomic E-state index is 0.147. The van der Waals surface area contributed by atoms with Crippen molar-refractivity contribution < 1.29 is 4.79 Å². The van der Waals surface area contributed by atoms with Crippen molar-refractivity contribution in [3.63, 3.8) is 0 Å². The molecule has 0 aliphatic carbocycles. The van der Waals surface area contributed by atoms with Gasteiger partial charge < -0.3 is 11.1 Å². The van der Waals surface area contributed by atoms with Crippen LogP contribution < -0.4 is 11.1 Å². The van der Waals surface area contributed by atoms with Gasteiger partial charge in [-0.15, -0.1) is 0 Å². The SMILES string of the molecule is CC.CCC(=O)NCCCCCCN. The Balaban J connectivity index is 0. The van der Waals surface area contributed by atoms with Gasteiger partial charge in [0, 0.05) is 13.0 Å². The van der Waals surface area contributed by atoms with Crippen molar-refractivity contribution in [2.24, 2.45) is 5.73 Å². The fraction of sp³-hybridized carbons (Fsp3) is 0.909. The van der Waals surface area contributed by atoms with E-state index in [9.17, 15) is 4.79 Å². The van der Waals surface area contributed by atoms with Gasteiger partial charge in [0.05, 0.1) is 0 Å². The van der Waals surface area contributed by atoms with E-state index < -0.39 is 0 Å². The molecule has 3 nitrogen and oxygen atoms in total. The first-order valence-corrected chi connectivity index (χ1v) is 5.78. The Morgan fingerprint density at radius 2 is 1.71 bits per heavy atom. The van der Waals surface area contributed by atoms with E-state index in [-0.39, 0.29) is 5.91 Å². The van der Waals surface area contributed by atoms with Crippen molar-refractivity contribution in [3.05, 3.63) is 0 Å². The average molecular weight is 202 g/mol. The Kier molecular flexibility index (Phi) is 16.9. The van der Waals surface area contributed by atoms with E-state index in [4.69, 9.17) is 5.73 Å². The largest absolute Gasteiger partial charge is 0.356 e. The third-order valence-electron chi connectivity index (χ3n) is 1.77. The lowest BCUT2D eigenvalue weighted by Crippen LogP contribution is -2.23. The van der Waals surface area contributed by atoms with E-state index in [0.29, 0.717) is 6.42 Å². The van der Waals surface area contributed by atoms with E-state index in [1.54, 1.807) is 0 Å². The molecule has 0 saturated heterocycles. The van der Waals surface area contributed by atoms with Crippen molar-refractivity contribution in [1.82, 2.24) is 5.32 Å². The molecule has 0 aliphatic rings. The summed E-state index contributed by atoms with van der Waals surface area (Å²) in [6.45, 7) is 7.46. The topological polar surface area (TPSA) is 55.1 Å². The van der Waals surface area contributed by atoms with Crippen LogP contribution in [0.1, 0.15) is 52.9 Å². The number of nitrogens with two attached hydrogens (primary N) is 1. The lowest BCUT2D eigenvalue weighted by Gasteiger charge is -2.02. The van der Waals surface area contributed by atoms with Gasteiger partial charge in [-0.2, -0.15) is 0 Å². The number of unbranched alkanes of at least 4 members (excludes halogenated alkanes) is 3. The van der Waals surface area contributed by atoms with Gasteiger partial charge in [-0.05, 0) is 19.4 Å². The van der Waals surface area contributed by atoms with Crippen LogP contribution in [0.4, 0.5) is 0 Å². The van der Waals surface area contributed by atoms with Crippen molar-refractivity contribution in [2.45, 2.75) is 52.9 Å². The number of carbonyl (C=O) groups is 1. The molecular weight excluding hydrogens is 176 g/mol. The van der Waals surface area contributed by atoms with Gasteiger partial charge in [0.2, 0.25) is 5.91 Å². The zero-order valence-corrected chi connectivity index (χ0v) is 9.94. The van der Waals surface area contributed by atoms with Gasteiger partial charge in [0.15, 0.2) is 0 Å². The molecule has 0 spiro atoms. The van der Waals surface area contributed by atoms with Crippen LogP contribution >= 0.6 is 0 Å². The van der Waals surface area contributed by atoms with Crippen LogP contribution in [0.5, 0.6) is 0 Å². The molecule has 0 radical (unpaired) electrons. The standard InChI is InChI=1S/C9H20N2O.C2H6/c1-2-9(12)11-8-6-4-3-5-7-10;1-2/h2-8,10H2,1H3,(H,11,12);1-2H3. The quantitative estimate of drug-likeness (QED) is 0.621. The summed E-state index contributed by atoms with van der Waals surface area (Å²) in [5.41, 5.74) is 5.34. The molecule has 3 heteroatoms. The molecule has 0 aromatic carbocycles. The molecule has 1 amide bonds. The first kappa shape index (κ1) is 15.9. The number of carbonyl (C=O) groups excluding carboxylic acids is 1. The maximum absolute atomic E-state index is 10.8. The molecule has 0 aromatic heterocycles. The highest BCUT2D eigenvalue weighted by molar-refractivity contribution is 5.75. The van der Waals surface area contributed by atoms with Crippen molar-refractivity contribution >= 4 is 5.91 Å². The second-order valence-corrected chi connectivity index (χ2v) is 2.91. The number of hydrogen-bond donors (Lipinski definition) is 2.